The van der Waals surface area contributed by atoms with E-state index in [0.717, 1.165) is 18.5 Å². The Bertz CT molecular complexity index is 713. The van der Waals surface area contributed by atoms with E-state index in [4.69, 9.17) is 0 Å². The molecule has 3 rings (SSSR count). The topological polar surface area (TPSA) is 91.6 Å². The van der Waals surface area contributed by atoms with Crippen LogP contribution in [0.25, 0.3) is 5.65 Å². The number of amides is 3. The Balaban J connectivity index is 1.57. The minimum Gasteiger partial charge on any atom is -0.352 e. The number of hydrogen-bond donors (Lipinski definition) is 2. The summed E-state index contributed by atoms with van der Waals surface area (Å²) in [7, 11) is 0. The van der Waals surface area contributed by atoms with E-state index in [1.807, 2.05) is 28.8 Å². The first kappa shape index (κ1) is 15.3. The average molecular weight is 316 g/mol. The number of aromatic nitrogens is 3. The number of carbonyl (C=O) groups is 2. The molecular weight excluding hydrogens is 296 g/mol. The largest absolute Gasteiger partial charge is 0.352 e. The number of pyridine rings is 1. The fraction of sp³-hybridized carbons (Fsp3) is 0.467. The molecule has 122 valence electrons. The average Bonchev–Trinajstić information content (AvgIpc) is 2.95. The molecule has 0 saturated carbocycles. The standard InChI is InChI=1S/C15H20N6O2/c1-11(22)17-12-5-4-7-20(10-12)15(23)16-9-14-19-18-13-6-2-3-8-21(13)14/h2-3,6,8,12H,4-5,7,9-10H2,1H3,(H,16,23)(H,17,22)/t12-/m0/s1. The van der Waals surface area contributed by atoms with E-state index in [9.17, 15) is 9.59 Å². The van der Waals surface area contributed by atoms with Crippen LogP contribution in [0.2, 0.25) is 0 Å². The van der Waals surface area contributed by atoms with E-state index in [0.29, 0.717) is 25.5 Å². The van der Waals surface area contributed by atoms with E-state index in [1.165, 1.54) is 6.92 Å². The molecule has 1 saturated heterocycles. The van der Waals surface area contributed by atoms with E-state index >= 15 is 0 Å². The molecule has 3 heterocycles. The van der Waals surface area contributed by atoms with Crippen molar-refractivity contribution in [3.05, 3.63) is 30.2 Å². The molecule has 2 N–H and O–H groups in total. The Morgan fingerprint density at radius 3 is 3.04 bits per heavy atom. The number of urea groups is 1. The van der Waals surface area contributed by atoms with Crippen molar-refractivity contribution in [2.24, 2.45) is 0 Å². The molecule has 8 heteroatoms. The van der Waals surface area contributed by atoms with Gasteiger partial charge in [0.15, 0.2) is 11.5 Å². The lowest BCUT2D eigenvalue weighted by molar-refractivity contribution is -0.119. The summed E-state index contributed by atoms with van der Waals surface area (Å²) >= 11 is 0. The second kappa shape index (κ2) is 6.64. The SMILES string of the molecule is CC(=O)N[C@H]1CCCN(C(=O)NCc2nnc3ccccn23)C1. The third-order valence-corrected chi connectivity index (χ3v) is 3.90. The first-order chi connectivity index (χ1) is 11.1. The summed E-state index contributed by atoms with van der Waals surface area (Å²) < 4.78 is 1.84. The molecule has 1 aliphatic heterocycles. The van der Waals surface area contributed by atoms with Gasteiger partial charge in [-0.15, -0.1) is 10.2 Å². The molecule has 3 amide bonds. The van der Waals surface area contributed by atoms with Crippen LogP contribution in [0, 0.1) is 0 Å². The van der Waals surface area contributed by atoms with Crippen molar-refractivity contribution < 1.29 is 9.59 Å². The highest BCUT2D eigenvalue weighted by atomic mass is 16.2. The number of hydrogen-bond acceptors (Lipinski definition) is 4. The van der Waals surface area contributed by atoms with Gasteiger partial charge in [0.05, 0.1) is 6.54 Å². The Morgan fingerprint density at radius 1 is 1.35 bits per heavy atom. The van der Waals surface area contributed by atoms with Gasteiger partial charge in [-0.05, 0) is 25.0 Å². The van der Waals surface area contributed by atoms with Gasteiger partial charge in [-0.1, -0.05) is 6.07 Å². The summed E-state index contributed by atoms with van der Waals surface area (Å²) in [6.45, 7) is 3.04. The molecule has 1 atom stereocenters. The zero-order valence-corrected chi connectivity index (χ0v) is 13.0. The van der Waals surface area contributed by atoms with Crippen LogP contribution in [-0.2, 0) is 11.3 Å². The monoisotopic (exact) mass is 316 g/mol. The van der Waals surface area contributed by atoms with Gasteiger partial charge in [-0.2, -0.15) is 0 Å². The van der Waals surface area contributed by atoms with E-state index in [1.54, 1.807) is 4.90 Å². The summed E-state index contributed by atoms with van der Waals surface area (Å²) in [5, 5.41) is 13.9. The second-order valence-corrected chi connectivity index (χ2v) is 5.69. The summed E-state index contributed by atoms with van der Waals surface area (Å²) in [5.41, 5.74) is 0.750. The maximum absolute atomic E-state index is 12.3. The van der Waals surface area contributed by atoms with Gasteiger partial charge in [-0.3, -0.25) is 9.20 Å². The second-order valence-electron chi connectivity index (χ2n) is 5.69. The van der Waals surface area contributed by atoms with Gasteiger partial charge in [0.2, 0.25) is 5.91 Å². The third kappa shape index (κ3) is 3.58. The van der Waals surface area contributed by atoms with Crippen molar-refractivity contribution in [1.29, 1.82) is 0 Å². The first-order valence-corrected chi connectivity index (χ1v) is 7.72. The predicted molar refractivity (Wildman–Crippen MR) is 83.6 cm³/mol. The summed E-state index contributed by atoms with van der Waals surface area (Å²) in [5.74, 6) is 0.622. The molecule has 0 bridgehead atoms. The first-order valence-electron chi connectivity index (χ1n) is 7.72. The Kier molecular flexibility index (Phi) is 4.40. The Labute approximate surface area is 133 Å². The van der Waals surface area contributed by atoms with Crippen molar-refractivity contribution >= 4 is 17.6 Å². The smallest absolute Gasteiger partial charge is 0.317 e. The molecule has 1 fully saturated rings. The molecular formula is C15H20N6O2. The fourth-order valence-corrected chi connectivity index (χ4v) is 2.84. The van der Waals surface area contributed by atoms with Crippen LogP contribution in [0.3, 0.4) is 0 Å². The highest BCUT2D eigenvalue weighted by Crippen LogP contribution is 2.10. The Hall–Kier alpha value is -2.64. The van der Waals surface area contributed by atoms with E-state index in [2.05, 4.69) is 20.8 Å². The number of likely N-dealkylation sites (tertiary alicyclic amines) is 1. The molecule has 23 heavy (non-hydrogen) atoms. The number of carbonyl (C=O) groups excluding carboxylic acids is 2. The zero-order chi connectivity index (χ0) is 16.2. The summed E-state index contributed by atoms with van der Waals surface area (Å²) in [6.07, 6.45) is 3.65. The van der Waals surface area contributed by atoms with Gasteiger partial charge in [0, 0.05) is 32.3 Å². The quantitative estimate of drug-likeness (QED) is 0.864. The Morgan fingerprint density at radius 2 is 2.22 bits per heavy atom. The van der Waals surface area contributed by atoms with Crippen molar-refractivity contribution in [3.63, 3.8) is 0 Å². The normalized spacial score (nSPS) is 18.0. The van der Waals surface area contributed by atoms with Crippen LogP contribution in [0.5, 0.6) is 0 Å². The van der Waals surface area contributed by atoms with E-state index in [-0.39, 0.29) is 18.0 Å². The van der Waals surface area contributed by atoms with Crippen LogP contribution < -0.4 is 10.6 Å². The minimum atomic E-state index is -0.146. The summed E-state index contributed by atoms with van der Waals surface area (Å²) in [6, 6.07) is 5.53. The minimum absolute atomic E-state index is 0.0286. The lowest BCUT2D eigenvalue weighted by Gasteiger charge is -2.32. The van der Waals surface area contributed by atoms with Crippen molar-refractivity contribution in [3.8, 4) is 0 Å². The van der Waals surface area contributed by atoms with E-state index < -0.39 is 0 Å². The molecule has 0 unspecified atom stereocenters. The highest BCUT2D eigenvalue weighted by Gasteiger charge is 2.24. The molecule has 2 aromatic rings. The number of nitrogens with zero attached hydrogens (tertiary/aromatic N) is 4. The van der Waals surface area contributed by atoms with Gasteiger partial charge < -0.3 is 15.5 Å². The van der Waals surface area contributed by atoms with Crippen LogP contribution >= 0.6 is 0 Å². The summed E-state index contributed by atoms with van der Waals surface area (Å²) in [4.78, 5) is 25.2. The molecule has 1 aliphatic rings. The number of fused-ring (bicyclic) bond motifs is 1. The molecule has 2 aromatic heterocycles. The van der Waals surface area contributed by atoms with Crippen molar-refractivity contribution in [1.82, 2.24) is 30.1 Å². The van der Waals surface area contributed by atoms with Crippen molar-refractivity contribution in [2.45, 2.75) is 32.4 Å². The van der Waals surface area contributed by atoms with Gasteiger partial charge in [0.25, 0.3) is 0 Å². The van der Waals surface area contributed by atoms with Gasteiger partial charge >= 0.3 is 6.03 Å². The number of piperidine rings is 1. The number of rotatable bonds is 3. The lowest BCUT2D eigenvalue weighted by atomic mass is 10.1. The maximum atomic E-state index is 12.3. The molecule has 0 spiro atoms. The van der Waals surface area contributed by atoms with Crippen LogP contribution in [0.4, 0.5) is 4.79 Å². The molecule has 0 aromatic carbocycles. The third-order valence-electron chi connectivity index (χ3n) is 3.90. The molecule has 0 aliphatic carbocycles. The molecule has 8 nitrogen and oxygen atoms in total. The number of nitrogens with one attached hydrogen (secondary N) is 2. The zero-order valence-electron chi connectivity index (χ0n) is 13.0. The van der Waals surface area contributed by atoms with Crippen LogP contribution in [0.1, 0.15) is 25.6 Å². The highest BCUT2D eigenvalue weighted by molar-refractivity contribution is 5.75. The maximum Gasteiger partial charge on any atom is 0.317 e. The van der Waals surface area contributed by atoms with Crippen LogP contribution in [0.15, 0.2) is 24.4 Å². The van der Waals surface area contributed by atoms with Gasteiger partial charge in [0.1, 0.15) is 0 Å². The lowest BCUT2D eigenvalue weighted by Crippen LogP contribution is -2.51. The fourth-order valence-electron chi connectivity index (χ4n) is 2.84. The van der Waals surface area contributed by atoms with Gasteiger partial charge in [-0.25, -0.2) is 4.79 Å². The predicted octanol–water partition coefficient (Wildman–Crippen LogP) is 0.539. The van der Waals surface area contributed by atoms with Crippen LogP contribution in [-0.4, -0.2) is 50.6 Å². The molecule has 0 radical (unpaired) electrons. The van der Waals surface area contributed by atoms with Crippen molar-refractivity contribution in [2.75, 3.05) is 13.1 Å².